The van der Waals surface area contributed by atoms with Crippen LogP contribution >= 0.6 is 0 Å². The Morgan fingerprint density at radius 3 is 2.70 bits per heavy atom. The third kappa shape index (κ3) is 2.99. The molecular formula is C15H18N2O3. The van der Waals surface area contributed by atoms with Crippen molar-refractivity contribution in [1.82, 2.24) is 4.90 Å². The van der Waals surface area contributed by atoms with E-state index in [4.69, 9.17) is 4.74 Å². The minimum atomic E-state index is -0.0332. The number of carbonyl (C=O) groups is 2. The summed E-state index contributed by atoms with van der Waals surface area (Å²) in [4.78, 5) is 24.8. The first-order chi connectivity index (χ1) is 9.65. The van der Waals surface area contributed by atoms with Crippen LogP contribution in [0.3, 0.4) is 0 Å². The molecule has 1 aromatic rings. The van der Waals surface area contributed by atoms with Gasteiger partial charge in [-0.05, 0) is 31.0 Å². The molecule has 0 unspecified atom stereocenters. The van der Waals surface area contributed by atoms with Crippen LogP contribution < -0.4 is 10.1 Å². The zero-order valence-electron chi connectivity index (χ0n) is 11.5. The lowest BCUT2D eigenvalue weighted by atomic mass is 10.0. The highest BCUT2D eigenvalue weighted by molar-refractivity contribution is 5.96. The lowest BCUT2D eigenvalue weighted by Gasteiger charge is -2.28. The number of ether oxygens (including phenoxy) is 1. The molecule has 0 atom stereocenters. The normalized spacial score (nSPS) is 14.8. The molecule has 0 saturated carbocycles. The average molecular weight is 274 g/mol. The molecule has 2 amide bonds. The number of benzene rings is 1. The lowest BCUT2D eigenvalue weighted by molar-refractivity contribution is -0.105. The number of nitrogens with one attached hydrogen (secondary N) is 1. The van der Waals surface area contributed by atoms with E-state index < -0.39 is 0 Å². The first kappa shape index (κ1) is 14.1. The largest absolute Gasteiger partial charge is 0.495 e. The van der Waals surface area contributed by atoms with Gasteiger partial charge in [-0.2, -0.15) is 0 Å². The minimum Gasteiger partial charge on any atom is -0.495 e. The van der Waals surface area contributed by atoms with Gasteiger partial charge in [-0.3, -0.25) is 9.59 Å². The minimum absolute atomic E-state index is 0.0332. The van der Waals surface area contributed by atoms with Gasteiger partial charge in [-0.15, -0.1) is 0 Å². The molecule has 1 saturated heterocycles. The number of amides is 2. The molecule has 20 heavy (non-hydrogen) atoms. The van der Waals surface area contributed by atoms with Crippen LogP contribution in [0.15, 0.2) is 30.4 Å². The summed E-state index contributed by atoms with van der Waals surface area (Å²) >= 11 is 0. The number of methoxy groups -OCH3 is 1. The van der Waals surface area contributed by atoms with Gasteiger partial charge in [-0.1, -0.05) is 12.2 Å². The van der Waals surface area contributed by atoms with Gasteiger partial charge in [-0.25, -0.2) is 0 Å². The van der Waals surface area contributed by atoms with Gasteiger partial charge in [0.05, 0.1) is 12.8 Å². The van der Waals surface area contributed by atoms with E-state index in [1.807, 2.05) is 0 Å². The van der Waals surface area contributed by atoms with Crippen molar-refractivity contribution in [3.8, 4) is 5.75 Å². The second-order valence-corrected chi connectivity index (χ2v) is 4.72. The molecule has 106 valence electrons. The molecule has 0 aromatic heterocycles. The van der Waals surface area contributed by atoms with Crippen LogP contribution in [-0.4, -0.2) is 37.4 Å². The smallest absolute Gasteiger partial charge is 0.253 e. The van der Waals surface area contributed by atoms with Gasteiger partial charge in [0.15, 0.2) is 0 Å². The van der Waals surface area contributed by atoms with E-state index in [9.17, 15) is 9.59 Å². The van der Waals surface area contributed by atoms with Crippen molar-refractivity contribution in [2.75, 3.05) is 25.5 Å². The topological polar surface area (TPSA) is 58.6 Å². The summed E-state index contributed by atoms with van der Waals surface area (Å²) in [6.07, 6.45) is 2.26. The third-order valence-electron chi connectivity index (χ3n) is 3.42. The summed E-state index contributed by atoms with van der Waals surface area (Å²) < 4.78 is 5.13. The zero-order valence-corrected chi connectivity index (χ0v) is 11.5. The standard InChI is InChI=1S/C15H18N2O3/c1-11-5-7-17(8-6-11)15(19)12-3-4-14(20-2)13(9-12)16-10-18/h3-4,9-10H,1,5-8H2,2H3,(H,16,18). The first-order valence-corrected chi connectivity index (χ1v) is 6.50. The summed E-state index contributed by atoms with van der Waals surface area (Å²) in [5, 5.41) is 2.54. The summed E-state index contributed by atoms with van der Waals surface area (Å²) in [5.41, 5.74) is 2.23. The summed E-state index contributed by atoms with van der Waals surface area (Å²) in [7, 11) is 1.52. The zero-order chi connectivity index (χ0) is 14.5. The van der Waals surface area contributed by atoms with Crippen LogP contribution in [0.2, 0.25) is 0 Å². The molecule has 1 heterocycles. The molecule has 1 aromatic carbocycles. The second kappa shape index (κ2) is 6.23. The maximum Gasteiger partial charge on any atom is 0.253 e. The van der Waals surface area contributed by atoms with Gasteiger partial charge in [0.25, 0.3) is 5.91 Å². The summed E-state index contributed by atoms with van der Waals surface area (Å²) in [6, 6.07) is 5.03. The maximum absolute atomic E-state index is 12.4. The highest BCUT2D eigenvalue weighted by atomic mass is 16.5. The molecular weight excluding hydrogens is 256 g/mol. The Morgan fingerprint density at radius 2 is 2.10 bits per heavy atom. The fourth-order valence-electron chi connectivity index (χ4n) is 2.23. The third-order valence-corrected chi connectivity index (χ3v) is 3.42. The first-order valence-electron chi connectivity index (χ1n) is 6.50. The molecule has 0 radical (unpaired) electrons. The molecule has 5 nitrogen and oxygen atoms in total. The van der Waals surface area contributed by atoms with Gasteiger partial charge in [0, 0.05) is 18.7 Å². The molecule has 5 heteroatoms. The van der Waals surface area contributed by atoms with E-state index >= 15 is 0 Å². The van der Waals surface area contributed by atoms with Crippen molar-refractivity contribution in [2.24, 2.45) is 0 Å². The van der Waals surface area contributed by atoms with Crippen molar-refractivity contribution in [2.45, 2.75) is 12.8 Å². The number of nitrogens with zero attached hydrogens (tertiary/aromatic N) is 1. The lowest BCUT2D eigenvalue weighted by Crippen LogP contribution is -2.36. The molecule has 1 fully saturated rings. The van der Waals surface area contributed by atoms with Crippen LogP contribution in [0.4, 0.5) is 5.69 Å². The molecule has 0 spiro atoms. The van der Waals surface area contributed by atoms with E-state index in [1.165, 1.54) is 12.7 Å². The Labute approximate surface area is 118 Å². The number of hydrogen-bond donors (Lipinski definition) is 1. The molecule has 2 rings (SSSR count). The van der Waals surface area contributed by atoms with E-state index in [1.54, 1.807) is 23.1 Å². The average Bonchev–Trinajstić information content (AvgIpc) is 2.47. The van der Waals surface area contributed by atoms with E-state index in [0.717, 1.165) is 12.8 Å². The Bertz CT molecular complexity index is 530. The van der Waals surface area contributed by atoms with Crippen LogP contribution in [0.25, 0.3) is 0 Å². The summed E-state index contributed by atoms with van der Waals surface area (Å²) in [6.45, 7) is 5.33. The fraction of sp³-hybridized carbons (Fsp3) is 0.333. The predicted molar refractivity (Wildman–Crippen MR) is 77.0 cm³/mol. The number of rotatable bonds is 4. The highest BCUT2D eigenvalue weighted by Gasteiger charge is 2.20. The molecule has 1 aliphatic heterocycles. The van der Waals surface area contributed by atoms with Crippen molar-refractivity contribution >= 4 is 18.0 Å². The highest BCUT2D eigenvalue weighted by Crippen LogP contribution is 2.26. The van der Waals surface area contributed by atoms with Crippen LogP contribution in [0, 0.1) is 0 Å². The van der Waals surface area contributed by atoms with Crippen molar-refractivity contribution < 1.29 is 14.3 Å². The van der Waals surface area contributed by atoms with Crippen molar-refractivity contribution in [3.63, 3.8) is 0 Å². The summed E-state index contributed by atoms with van der Waals surface area (Å²) in [5.74, 6) is 0.495. The molecule has 0 aliphatic carbocycles. The second-order valence-electron chi connectivity index (χ2n) is 4.72. The van der Waals surface area contributed by atoms with Crippen LogP contribution in [0.5, 0.6) is 5.75 Å². The van der Waals surface area contributed by atoms with Crippen LogP contribution in [0.1, 0.15) is 23.2 Å². The Balaban J connectivity index is 2.19. The van der Waals surface area contributed by atoms with E-state index in [-0.39, 0.29) is 5.91 Å². The number of hydrogen-bond acceptors (Lipinski definition) is 3. The quantitative estimate of drug-likeness (QED) is 0.675. The monoisotopic (exact) mass is 274 g/mol. The molecule has 0 bridgehead atoms. The van der Waals surface area contributed by atoms with E-state index in [2.05, 4.69) is 11.9 Å². The SMILES string of the molecule is C=C1CCN(C(=O)c2ccc(OC)c(NC=O)c2)CC1. The maximum atomic E-state index is 12.4. The Hall–Kier alpha value is -2.30. The van der Waals surface area contributed by atoms with Crippen molar-refractivity contribution in [1.29, 1.82) is 0 Å². The molecule has 1 aliphatic rings. The van der Waals surface area contributed by atoms with Gasteiger partial charge < -0.3 is 15.0 Å². The number of piperidine rings is 1. The van der Waals surface area contributed by atoms with E-state index in [0.29, 0.717) is 36.5 Å². The molecule has 1 N–H and O–H groups in total. The van der Waals surface area contributed by atoms with Crippen molar-refractivity contribution in [3.05, 3.63) is 35.9 Å². The van der Waals surface area contributed by atoms with Crippen LogP contribution in [-0.2, 0) is 4.79 Å². The number of anilines is 1. The Morgan fingerprint density at radius 1 is 1.40 bits per heavy atom. The van der Waals surface area contributed by atoms with Gasteiger partial charge >= 0.3 is 0 Å². The fourth-order valence-corrected chi connectivity index (χ4v) is 2.23. The number of likely N-dealkylation sites (tertiary alicyclic amines) is 1. The van der Waals surface area contributed by atoms with Gasteiger partial charge in [0.1, 0.15) is 5.75 Å². The number of carbonyl (C=O) groups excluding carboxylic acids is 2. The van der Waals surface area contributed by atoms with Gasteiger partial charge in [0.2, 0.25) is 6.41 Å². The Kier molecular flexibility index (Phi) is 4.40. The predicted octanol–water partition coefficient (Wildman–Crippen LogP) is 2.06.